The zero-order valence-corrected chi connectivity index (χ0v) is 5.55. The molecule has 0 aliphatic rings. The van der Waals surface area contributed by atoms with Gasteiger partial charge in [-0.1, -0.05) is 24.8 Å². The molecule has 0 saturated heterocycles. The fraction of sp³-hybridized carbons (Fsp3) is 0.200. The molecule has 0 atom stereocenters. The molecular weight excluding hydrogens is 108 g/mol. The fourth-order valence-electron chi connectivity index (χ4n) is 0. The second-order valence-electron chi connectivity index (χ2n) is 1.05. The van der Waals surface area contributed by atoms with Gasteiger partial charge in [0.25, 0.3) is 0 Å². The van der Waals surface area contributed by atoms with E-state index in [0.717, 1.165) is 5.57 Å². The molecule has 0 aromatic heterocycles. The number of rotatable bonds is 1. The monoisotopic (exact) mass is 116 g/mol. The van der Waals surface area contributed by atoms with E-state index in [9.17, 15) is 0 Å². The molecule has 0 spiro atoms. The first-order valence-corrected chi connectivity index (χ1v) is 1.55. The summed E-state index contributed by atoms with van der Waals surface area (Å²) in [5.74, 6) is 0. The summed E-state index contributed by atoms with van der Waals surface area (Å²) in [6, 6.07) is 0. The van der Waals surface area contributed by atoms with Gasteiger partial charge in [-0.2, -0.15) is 0 Å². The van der Waals surface area contributed by atoms with Crippen molar-refractivity contribution in [3.63, 3.8) is 0 Å². The molecule has 0 amide bonds. The maximum absolute atomic E-state index is 3.56. The Morgan fingerprint density at radius 2 is 1.83 bits per heavy atom. The standard InChI is InChI=1S/C5H8.Ti/c1-4-5(2)3;/h4H,1-2H2,3H3;/q;+2. The van der Waals surface area contributed by atoms with Crippen molar-refractivity contribution in [3.05, 3.63) is 24.8 Å². The van der Waals surface area contributed by atoms with Gasteiger partial charge < -0.3 is 0 Å². The second kappa shape index (κ2) is 5.19. The average molecular weight is 116 g/mol. The van der Waals surface area contributed by atoms with Gasteiger partial charge in [0, 0.05) is 0 Å². The molecule has 0 unspecified atom stereocenters. The van der Waals surface area contributed by atoms with Crippen LogP contribution in [0.1, 0.15) is 6.92 Å². The Morgan fingerprint density at radius 3 is 1.83 bits per heavy atom. The van der Waals surface area contributed by atoms with Crippen LogP contribution in [0, 0.1) is 0 Å². The Bertz CT molecular complexity index is 55.0. The second-order valence-corrected chi connectivity index (χ2v) is 1.05. The first-order chi connectivity index (χ1) is 2.27. The summed E-state index contributed by atoms with van der Waals surface area (Å²) in [5, 5.41) is 0. The van der Waals surface area contributed by atoms with Crippen LogP contribution in [-0.2, 0) is 21.7 Å². The van der Waals surface area contributed by atoms with Gasteiger partial charge in [-0.3, -0.25) is 0 Å². The molecule has 0 nitrogen and oxygen atoms in total. The van der Waals surface area contributed by atoms with Gasteiger partial charge in [0.15, 0.2) is 0 Å². The van der Waals surface area contributed by atoms with Crippen molar-refractivity contribution in [2.75, 3.05) is 0 Å². The van der Waals surface area contributed by atoms with Crippen LogP contribution in [0.5, 0.6) is 0 Å². The van der Waals surface area contributed by atoms with Crippen molar-refractivity contribution < 1.29 is 21.7 Å². The zero-order valence-electron chi connectivity index (χ0n) is 3.99. The molecular formula is C5H8Ti+2. The van der Waals surface area contributed by atoms with Crippen molar-refractivity contribution in [1.29, 1.82) is 0 Å². The van der Waals surface area contributed by atoms with Crippen LogP contribution in [0.4, 0.5) is 0 Å². The molecule has 0 heterocycles. The zero-order chi connectivity index (χ0) is 4.28. The third-order valence-corrected chi connectivity index (χ3v) is 0.348. The molecule has 0 N–H and O–H groups in total. The summed E-state index contributed by atoms with van der Waals surface area (Å²) in [7, 11) is 0. The minimum atomic E-state index is 0. The molecule has 0 aliphatic carbocycles. The Kier molecular flexibility index (Phi) is 8.22. The molecule has 0 aliphatic heterocycles. The van der Waals surface area contributed by atoms with E-state index in [2.05, 4.69) is 13.2 Å². The third kappa shape index (κ3) is 8.89. The van der Waals surface area contributed by atoms with Crippen molar-refractivity contribution >= 4 is 0 Å². The van der Waals surface area contributed by atoms with E-state index in [4.69, 9.17) is 0 Å². The van der Waals surface area contributed by atoms with Gasteiger partial charge >= 0.3 is 21.7 Å². The third-order valence-electron chi connectivity index (χ3n) is 0.348. The number of hydrogen-bond acceptors (Lipinski definition) is 0. The van der Waals surface area contributed by atoms with Gasteiger partial charge in [-0.25, -0.2) is 0 Å². The summed E-state index contributed by atoms with van der Waals surface area (Å²) in [6.07, 6.45) is 1.72. The Morgan fingerprint density at radius 1 is 1.67 bits per heavy atom. The van der Waals surface area contributed by atoms with E-state index in [0.29, 0.717) is 0 Å². The quantitative estimate of drug-likeness (QED) is 0.361. The summed E-state index contributed by atoms with van der Waals surface area (Å²) in [6.45, 7) is 8.93. The molecule has 30 valence electrons. The summed E-state index contributed by atoms with van der Waals surface area (Å²) in [4.78, 5) is 0. The van der Waals surface area contributed by atoms with Crippen molar-refractivity contribution in [2.24, 2.45) is 0 Å². The molecule has 0 fully saturated rings. The summed E-state index contributed by atoms with van der Waals surface area (Å²) < 4.78 is 0. The van der Waals surface area contributed by atoms with Crippen LogP contribution in [0.3, 0.4) is 0 Å². The van der Waals surface area contributed by atoms with Gasteiger partial charge in [0.1, 0.15) is 0 Å². The molecule has 0 bridgehead atoms. The van der Waals surface area contributed by atoms with Crippen molar-refractivity contribution in [3.8, 4) is 0 Å². The average Bonchev–Trinajstić information content (AvgIpc) is 1.38. The smallest absolute Gasteiger partial charge is 0.0988 e. The summed E-state index contributed by atoms with van der Waals surface area (Å²) >= 11 is 0. The van der Waals surface area contributed by atoms with E-state index >= 15 is 0 Å². The van der Waals surface area contributed by atoms with Crippen LogP contribution < -0.4 is 0 Å². The fourth-order valence-corrected chi connectivity index (χ4v) is 0. The molecule has 0 saturated carbocycles. The van der Waals surface area contributed by atoms with Crippen molar-refractivity contribution in [1.82, 2.24) is 0 Å². The first-order valence-electron chi connectivity index (χ1n) is 1.55. The van der Waals surface area contributed by atoms with E-state index in [1.807, 2.05) is 6.92 Å². The van der Waals surface area contributed by atoms with Gasteiger partial charge in [0.2, 0.25) is 0 Å². The predicted molar refractivity (Wildman–Crippen MR) is 25.0 cm³/mol. The Hall–Kier alpha value is 0.194. The van der Waals surface area contributed by atoms with E-state index in [1.54, 1.807) is 6.08 Å². The van der Waals surface area contributed by atoms with Gasteiger partial charge in [0.05, 0.1) is 0 Å². The summed E-state index contributed by atoms with van der Waals surface area (Å²) in [5.41, 5.74) is 1.02. The minimum Gasteiger partial charge on any atom is -0.0988 e. The van der Waals surface area contributed by atoms with E-state index in [1.165, 1.54) is 0 Å². The predicted octanol–water partition coefficient (Wildman–Crippen LogP) is 1.75. The normalized spacial score (nSPS) is 5.50. The van der Waals surface area contributed by atoms with Crippen LogP contribution in [0.2, 0.25) is 0 Å². The molecule has 1 heteroatoms. The van der Waals surface area contributed by atoms with Crippen molar-refractivity contribution in [2.45, 2.75) is 6.92 Å². The number of hydrogen-bond donors (Lipinski definition) is 0. The van der Waals surface area contributed by atoms with Crippen LogP contribution in [-0.4, -0.2) is 0 Å². The largest absolute Gasteiger partial charge is 2.00 e. The van der Waals surface area contributed by atoms with Crippen LogP contribution >= 0.6 is 0 Å². The van der Waals surface area contributed by atoms with Gasteiger partial charge in [-0.05, 0) is 6.92 Å². The molecule has 0 aromatic rings. The molecule has 6 heavy (non-hydrogen) atoms. The number of allylic oxidation sites excluding steroid dienone is 2. The maximum Gasteiger partial charge on any atom is 2.00 e. The molecule has 0 radical (unpaired) electrons. The first kappa shape index (κ1) is 9.50. The minimum absolute atomic E-state index is 0. The van der Waals surface area contributed by atoms with Crippen LogP contribution in [0.15, 0.2) is 24.8 Å². The van der Waals surface area contributed by atoms with Gasteiger partial charge in [-0.15, -0.1) is 0 Å². The Labute approximate surface area is 53.8 Å². The maximum atomic E-state index is 3.56. The Balaban J connectivity index is 0. The SMILES string of the molecule is C=CC(=C)C.[Ti+2]. The topological polar surface area (TPSA) is 0 Å². The van der Waals surface area contributed by atoms with E-state index in [-0.39, 0.29) is 21.7 Å². The molecule has 0 rings (SSSR count). The van der Waals surface area contributed by atoms with Crippen LogP contribution in [0.25, 0.3) is 0 Å². The van der Waals surface area contributed by atoms with E-state index < -0.39 is 0 Å². The molecule has 0 aromatic carbocycles.